The van der Waals surface area contributed by atoms with Crippen LogP contribution < -0.4 is 5.32 Å². The van der Waals surface area contributed by atoms with E-state index in [1.165, 1.54) is 0 Å². The summed E-state index contributed by atoms with van der Waals surface area (Å²) in [6, 6.07) is 12.7. The number of nitrogens with zero attached hydrogens (tertiary/aromatic N) is 1. The van der Waals surface area contributed by atoms with Gasteiger partial charge in [0, 0.05) is 28.8 Å². The molecule has 0 unspecified atom stereocenters. The van der Waals surface area contributed by atoms with Crippen molar-refractivity contribution in [3.8, 4) is 11.1 Å². The van der Waals surface area contributed by atoms with Gasteiger partial charge in [0.25, 0.3) is 0 Å². The first-order valence-corrected chi connectivity index (χ1v) is 6.89. The van der Waals surface area contributed by atoms with Crippen LogP contribution in [0, 0.1) is 0 Å². The lowest BCUT2D eigenvalue weighted by molar-refractivity contribution is 0.466. The van der Waals surface area contributed by atoms with Gasteiger partial charge in [-0.1, -0.05) is 38.1 Å². The zero-order chi connectivity index (χ0) is 13.9. The molecule has 0 radical (unpaired) electrons. The second kappa shape index (κ2) is 5.47. The van der Waals surface area contributed by atoms with Crippen molar-refractivity contribution in [3.63, 3.8) is 0 Å². The molecule has 1 aromatic carbocycles. The Bertz CT molecular complexity index is 710. The molecule has 0 saturated carbocycles. The third-order valence-electron chi connectivity index (χ3n) is 3.34. The molecule has 1 N–H and O–H groups in total. The van der Waals surface area contributed by atoms with Crippen LogP contribution in [0.3, 0.4) is 0 Å². The highest BCUT2D eigenvalue weighted by Gasteiger charge is 2.12. The first-order valence-electron chi connectivity index (χ1n) is 6.89. The molecule has 0 saturated heterocycles. The Hall–Kier alpha value is -2.13. The van der Waals surface area contributed by atoms with Crippen LogP contribution in [-0.2, 0) is 6.54 Å². The van der Waals surface area contributed by atoms with Gasteiger partial charge in [-0.15, -0.1) is 0 Å². The van der Waals surface area contributed by atoms with Crippen LogP contribution in [0.15, 0.2) is 53.3 Å². The lowest BCUT2D eigenvalue weighted by atomic mass is 10.0. The van der Waals surface area contributed by atoms with Gasteiger partial charge in [0.1, 0.15) is 5.76 Å². The maximum atomic E-state index is 5.63. The minimum atomic E-state index is 0.429. The van der Waals surface area contributed by atoms with Crippen molar-refractivity contribution in [1.82, 2.24) is 10.3 Å². The smallest absolute Gasteiger partial charge is 0.125 e. The molecule has 2 aromatic heterocycles. The van der Waals surface area contributed by atoms with E-state index in [0.717, 1.165) is 34.3 Å². The molecule has 3 aromatic rings. The van der Waals surface area contributed by atoms with Crippen LogP contribution in [-0.4, -0.2) is 11.0 Å². The molecule has 20 heavy (non-hydrogen) atoms. The van der Waals surface area contributed by atoms with Gasteiger partial charge in [0.15, 0.2) is 0 Å². The second-order valence-corrected chi connectivity index (χ2v) is 5.17. The number of para-hydroxylation sites is 1. The third kappa shape index (κ3) is 2.45. The van der Waals surface area contributed by atoms with E-state index in [-0.39, 0.29) is 0 Å². The molecule has 3 nitrogen and oxygen atoms in total. The fraction of sp³-hybridized carbons (Fsp3) is 0.235. The molecular formula is C17H18N2O. The minimum absolute atomic E-state index is 0.429. The van der Waals surface area contributed by atoms with Gasteiger partial charge in [-0.2, -0.15) is 0 Å². The summed E-state index contributed by atoms with van der Waals surface area (Å²) < 4.78 is 5.63. The Kier molecular flexibility index (Phi) is 3.52. The maximum absolute atomic E-state index is 5.63. The van der Waals surface area contributed by atoms with Gasteiger partial charge < -0.3 is 9.73 Å². The molecule has 0 aliphatic carbocycles. The summed E-state index contributed by atoms with van der Waals surface area (Å²) in [7, 11) is 0. The normalized spacial score (nSPS) is 11.3. The molecule has 102 valence electrons. The van der Waals surface area contributed by atoms with Gasteiger partial charge in [-0.3, -0.25) is 4.98 Å². The fourth-order valence-electron chi connectivity index (χ4n) is 2.34. The standard InChI is InChI=1S/C17H18N2O/c1-12(2)19-11-16-14(8-10-20-16)15-7-3-5-13-6-4-9-18-17(13)15/h3-10,12,19H,11H2,1-2H3. The Morgan fingerprint density at radius 1 is 1.10 bits per heavy atom. The first kappa shape index (κ1) is 12.9. The summed E-state index contributed by atoms with van der Waals surface area (Å²) >= 11 is 0. The van der Waals surface area contributed by atoms with Crippen LogP contribution in [0.5, 0.6) is 0 Å². The number of aromatic nitrogens is 1. The minimum Gasteiger partial charge on any atom is -0.467 e. The maximum Gasteiger partial charge on any atom is 0.125 e. The molecule has 0 spiro atoms. The van der Waals surface area contributed by atoms with Gasteiger partial charge in [0.2, 0.25) is 0 Å². The Labute approximate surface area is 118 Å². The molecular weight excluding hydrogens is 248 g/mol. The van der Waals surface area contributed by atoms with E-state index in [1.807, 2.05) is 18.3 Å². The molecule has 0 fully saturated rings. The highest BCUT2D eigenvalue weighted by atomic mass is 16.3. The van der Waals surface area contributed by atoms with Gasteiger partial charge >= 0.3 is 0 Å². The molecule has 0 bridgehead atoms. The van der Waals surface area contributed by atoms with Crippen molar-refractivity contribution in [3.05, 3.63) is 54.6 Å². The highest BCUT2D eigenvalue weighted by molar-refractivity contribution is 5.93. The molecule has 0 aliphatic heterocycles. The van der Waals surface area contributed by atoms with E-state index in [4.69, 9.17) is 4.42 Å². The van der Waals surface area contributed by atoms with Crippen molar-refractivity contribution in [1.29, 1.82) is 0 Å². The Balaban J connectivity index is 2.05. The first-order chi connectivity index (χ1) is 9.75. The van der Waals surface area contributed by atoms with Crippen molar-refractivity contribution < 1.29 is 4.42 Å². The van der Waals surface area contributed by atoms with Crippen LogP contribution in [0.25, 0.3) is 22.0 Å². The lowest BCUT2D eigenvalue weighted by Crippen LogP contribution is -2.21. The summed E-state index contributed by atoms with van der Waals surface area (Å²) in [6.07, 6.45) is 3.58. The average Bonchev–Trinajstić information content (AvgIpc) is 2.92. The number of hydrogen-bond donors (Lipinski definition) is 1. The van der Waals surface area contributed by atoms with E-state index < -0.39 is 0 Å². The van der Waals surface area contributed by atoms with E-state index >= 15 is 0 Å². The van der Waals surface area contributed by atoms with Gasteiger partial charge in [-0.25, -0.2) is 0 Å². The number of benzene rings is 1. The molecule has 3 heteroatoms. The van der Waals surface area contributed by atoms with Crippen LogP contribution >= 0.6 is 0 Å². The Morgan fingerprint density at radius 3 is 2.80 bits per heavy atom. The highest BCUT2D eigenvalue weighted by Crippen LogP contribution is 2.30. The van der Waals surface area contributed by atoms with Crippen LogP contribution in [0.4, 0.5) is 0 Å². The summed E-state index contributed by atoms with van der Waals surface area (Å²) in [5.41, 5.74) is 3.25. The largest absolute Gasteiger partial charge is 0.467 e. The summed E-state index contributed by atoms with van der Waals surface area (Å²) in [6.45, 7) is 4.98. The average molecular weight is 266 g/mol. The van der Waals surface area contributed by atoms with E-state index in [9.17, 15) is 0 Å². The number of nitrogens with one attached hydrogen (secondary N) is 1. The summed E-state index contributed by atoms with van der Waals surface area (Å²) in [5, 5.41) is 4.54. The number of furan rings is 1. The molecule has 0 atom stereocenters. The van der Waals surface area contributed by atoms with E-state index in [1.54, 1.807) is 6.26 Å². The molecule has 0 amide bonds. The zero-order valence-corrected chi connectivity index (χ0v) is 11.8. The van der Waals surface area contributed by atoms with Crippen molar-refractivity contribution in [2.24, 2.45) is 0 Å². The van der Waals surface area contributed by atoms with Crippen molar-refractivity contribution >= 4 is 10.9 Å². The number of rotatable bonds is 4. The topological polar surface area (TPSA) is 38.1 Å². The van der Waals surface area contributed by atoms with E-state index in [2.05, 4.69) is 48.4 Å². The molecule has 2 heterocycles. The number of hydrogen-bond acceptors (Lipinski definition) is 3. The van der Waals surface area contributed by atoms with Crippen LogP contribution in [0.2, 0.25) is 0 Å². The zero-order valence-electron chi connectivity index (χ0n) is 11.8. The third-order valence-corrected chi connectivity index (χ3v) is 3.34. The Morgan fingerprint density at radius 2 is 1.95 bits per heavy atom. The van der Waals surface area contributed by atoms with E-state index in [0.29, 0.717) is 6.04 Å². The second-order valence-electron chi connectivity index (χ2n) is 5.17. The van der Waals surface area contributed by atoms with Crippen molar-refractivity contribution in [2.45, 2.75) is 26.4 Å². The predicted molar refractivity (Wildman–Crippen MR) is 81.4 cm³/mol. The fourth-order valence-corrected chi connectivity index (χ4v) is 2.34. The quantitative estimate of drug-likeness (QED) is 0.775. The SMILES string of the molecule is CC(C)NCc1occc1-c1cccc2cccnc12. The van der Waals surface area contributed by atoms with Crippen LogP contribution in [0.1, 0.15) is 19.6 Å². The van der Waals surface area contributed by atoms with Crippen molar-refractivity contribution in [2.75, 3.05) is 0 Å². The monoisotopic (exact) mass is 266 g/mol. The van der Waals surface area contributed by atoms with Gasteiger partial charge in [-0.05, 0) is 12.1 Å². The summed E-state index contributed by atoms with van der Waals surface area (Å²) in [4.78, 5) is 4.51. The predicted octanol–water partition coefficient (Wildman–Crippen LogP) is 3.99. The number of fused-ring (bicyclic) bond motifs is 1. The summed E-state index contributed by atoms with van der Waals surface area (Å²) in [5.74, 6) is 0.955. The number of pyridine rings is 1. The molecule has 0 aliphatic rings. The van der Waals surface area contributed by atoms with Gasteiger partial charge in [0.05, 0.1) is 18.3 Å². The lowest BCUT2D eigenvalue weighted by Gasteiger charge is -2.09. The molecule has 3 rings (SSSR count).